The van der Waals surface area contributed by atoms with Gasteiger partial charge >= 0.3 is 5.97 Å². The number of oxazole rings is 1. The number of carboxylic acids is 1. The van der Waals surface area contributed by atoms with Crippen LogP contribution in [0.15, 0.2) is 22.6 Å². The molecule has 0 amide bonds. The first-order chi connectivity index (χ1) is 8.15. The third kappa shape index (κ3) is 2.96. The molecular weight excluding hydrogens is 220 g/mol. The van der Waals surface area contributed by atoms with Crippen LogP contribution in [0.25, 0.3) is 11.1 Å². The molecule has 0 saturated carbocycles. The van der Waals surface area contributed by atoms with Crippen molar-refractivity contribution < 1.29 is 14.3 Å². The van der Waals surface area contributed by atoms with E-state index >= 15 is 0 Å². The van der Waals surface area contributed by atoms with Crippen molar-refractivity contribution in [3.63, 3.8) is 0 Å². The summed E-state index contributed by atoms with van der Waals surface area (Å²) in [6.45, 7) is 2.44. The lowest BCUT2D eigenvalue weighted by atomic mass is 10.2. The normalized spacial score (nSPS) is 10.6. The Kier molecular flexibility index (Phi) is 3.27. The molecule has 1 heterocycles. The van der Waals surface area contributed by atoms with E-state index in [1.165, 1.54) is 0 Å². The molecule has 1 aromatic carbocycles. The lowest BCUT2D eigenvalue weighted by molar-refractivity contribution is -0.137. The lowest BCUT2D eigenvalue weighted by Gasteiger charge is -2.04. The number of aromatic nitrogens is 1. The maximum absolute atomic E-state index is 10.3. The smallest absolute Gasteiger partial charge is 0.303 e. The summed E-state index contributed by atoms with van der Waals surface area (Å²) in [6.07, 6.45) is 0.777. The highest BCUT2D eigenvalue weighted by Crippen LogP contribution is 2.19. The number of rotatable bonds is 5. The third-order valence-corrected chi connectivity index (χ3v) is 2.39. The van der Waals surface area contributed by atoms with Gasteiger partial charge in [-0.25, -0.2) is 4.98 Å². The number of aliphatic carboxylic acids is 1. The maximum atomic E-state index is 10.3. The van der Waals surface area contributed by atoms with Gasteiger partial charge in [0.1, 0.15) is 5.52 Å². The van der Waals surface area contributed by atoms with Crippen LogP contribution in [0.1, 0.15) is 18.7 Å². The van der Waals surface area contributed by atoms with E-state index in [1.54, 1.807) is 6.92 Å². The zero-order valence-corrected chi connectivity index (χ0v) is 9.56. The molecule has 0 aliphatic carbocycles. The molecule has 17 heavy (non-hydrogen) atoms. The Morgan fingerprint density at radius 1 is 1.53 bits per heavy atom. The van der Waals surface area contributed by atoms with Crippen molar-refractivity contribution in [2.45, 2.75) is 19.8 Å². The van der Waals surface area contributed by atoms with Gasteiger partial charge in [-0.05, 0) is 18.6 Å². The highest BCUT2D eigenvalue weighted by atomic mass is 16.4. The van der Waals surface area contributed by atoms with Crippen LogP contribution < -0.4 is 5.32 Å². The largest absolute Gasteiger partial charge is 0.481 e. The second kappa shape index (κ2) is 4.86. The van der Waals surface area contributed by atoms with E-state index in [-0.39, 0.29) is 6.42 Å². The molecule has 0 saturated heterocycles. The maximum Gasteiger partial charge on any atom is 0.303 e. The summed E-state index contributed by atoms with van der Waals surface area (Å²) in [6, 6.07) is 5.66. The molecule has 0 bridgehead atoms. The van der Waals surface area contributed by atoms with Crippen LogP contribution in [-0.4, -0.2) is 22.6 Å². The van der Waals surface area contributed by atoms with Crippen molar-refractivity contribution in [2.75, 3.05) is 11.9 Å². The number of hydrogen-bond donors (Lipinski definition) is 2. The van der Waals surface area contributed by atoms with Crippen LogP contribution in [0, 0.1) is 6.92 Å². The minimum Gasteiger partial charge on any atom is -0.481 e. The number of anilines is 1. The molecule has 2 aromatic rings. The van der Waals surface area contributed by atoms with Crippen molar-refractivity contribution in [3.05, 3.63) is 24.1 Å². The molecule has 0 atom stereocenters. The molecule has 2 rings (SSSR count). The topological polar surface area (TPSA) is 75.4 Å². The van der Waals surface area contributed by atoms with Crippen molar-refractivity contribution in [3.8, 4) is 0 Å². The van der Waals surface area contributed by atoms with E-state index in [0.29, 0.717) is 18.9 Å². The Balaban J connectivity index is 1.96. The van der Waals surface area contributed by atoms with Crippen molar-refractivity contribution in [1.29, 1.82) is 0 Å². The summed E-state index contributed by atoms with van der Waals surface area (Å²) in [5.74, 6) is -0.129. The van der Waals surface area contributed by atoms with Gasteiger partial charge in [-0.15, -0.1) is 0 Å². The van der Waals surface area contributed by atoms with Crippen LogP contribution >= 0.6 is 0 Å². The van der Waals surface area contributed by atoms with Gasteiger partial charge in [0.05, 0.1) is 0 Å². The molecule has 2 N–H and O–H groups in total. The number of aryl methyl sites for hydroxylation is 1. The predicted octanol–water partition coefficient (Wildman–Crippen LogP) is 2.41. The van der Waals surface area contributed by atoms with E-state index in [4.69, 9.17) is 9.52 Å². The monoisotopic (exact) mass is 234 g/mol. The van der Waals surface area contributed by atoms with Gasteiger partial charge in [0.2, 0.25) is 0 Å². The third-order valence-electron chi connectivity index (χ3n) is 2.39. The molecule has 0 aliphatic heterocycles. The number of nitrogens with zero attached hydrogens (tertiary/aromatic N) is 1. The fourth-order valence-electron chi connectivity index (χ4n) is 1.62. The van der Waals surface area contributed by atoms with Crippen LogP contribution in [0.2, 0.25) is 0 Å². The molecule has 1 aromatic heterocycles. The highest BCUT2D eigenvalue weighted by molar-refractivity contribution is 5.77. The zero-order valence-electron chi connectivity index (χ0n) is 9.56. The van der Waals surface area contributed by atoms with Gasteiger partial charge in [-0.3, -0.25) is 4.79 Å². The van der Waals surface area contributed by atoms with Crippen LogP contribution in [0.5, 0.6) is 0 Å². The molecule has 5 heteroatoms. The Morgan fingerprint density at radius 3 is 3.12 bits per heavy atom. The predicted molar refractivity (Wildman–Crippen MR) is 64.1 cm³/mol. The summed E-state index contributed by atoms with van der Waals surface area (Å²) in [4.78, 5) is 14.5. The fraction of sp³-hybridized carbons (Fsp3) is 0.333. The fourth-order valence-corrected chi connectivity index (χ4v) is 1.62. The van der Waals surface area contributed by atoms with Gasteiger partial charge in [0.15, 0.2) is 11.5 Å². The Labute approximate surface area is 98.5 Å². The number of benzene rings is 1. The number of carbonyl (C=O) groups is 1. The first kappa shape index (κ1) is 11.4. The average Bonchev–Trinajstić information content (AvgIpc) is 2.63. The van der Waals surface area contributed by atoms with Crippen LogP contribution in [0.4, 0.5) is 5.69 Å². The number of carboxylic acid groups (broad SMARTS) is 1. The van der Waals surface area contributed by atoms with Crippen LogP contribution in [0.3, 0.4) is 0 Å². The molecule has 5 nitrogen and oxygen atoms in total. The number of fused-ring (bicyclic) bond motifs is 1. The SMILES string of the molecule is Cc1nc2ccc(NCCCC(=O)O)cc2o1. The summed E-state index contributed by atoms with van der Waals surface area (Å²) in [7, 11) is 0. The minimum absolute atomic E-state index is 0.177. The average molecular weight is 234 g/mol. The molecule has 90 valence electrons. The Bertz CT molecular complexity index is 534. The molecule has 0 radical (unpaired) electrons. The van der Waals surface area contributed by atoms with Crippen molar-refractivity contribution in [2.24, 2.45) is 0 Å². The lowest BCUT2D eigenvalue weighted by Crippen LogP contribution is -2.04. The van der Waals surface area contributed by atoms with E-state index in [0.717, 1.165) is 16.8 Å². The van der Waals surface area contributed by atoms with Gasteiger partial charge in [0, 0.05) is 31.6 Å². The Morgan fingerprint density at radius 2 is 2.35 bits per heavy atom. The first-order valence-electron chi connectivity index (χ1n) is 5.48. The molecule has 0 unspecified atom stereocenters. The van der Waals surface area contributed by atoms with Gasteiger partial charge < -0.3 is 14.8 Å². The van der Waals surface area contributed by atoms with Gasteiger partial charge in [-0.2, -0.15) is 0 Å². The second-order valence-corrected chi connectivity index (χ2v) is 3.84. The zero-order chi connectivity index (χ0) is 12.3. The summed E-state index contributed by atoms with van der Waals surface area (Å²) >= 11 is 0. The van der Waals surface area contributed by atoms with E-state index < -0.39 is 5.97 Å². The molecular formula is C12H14N2O3. The van der Waals surface area contributed by atoms with Crippen molar-refractivity contribution >= 4 is 22.8 Å². The number of nitrogens with one attached hydrogen (secondary N) is 1. The van der Waals surface area contributed by atoms with Gasteiger partial charge in [0.25, 0.3) is 0 Å². The number of hydrogen-bond acceptors (Lipinski definition) is 4. The van der Waals surface area contributed by atoms with Gasteiger partial charge in [-0.1, -0.05) is 0 Å². The van der Waals surface area contributed by atoms with Crippen molar-refractivity contribution in [1.82, 2.24) is 4.98 Å². The van der Waals surface area contributed by atoms with E-state index in [2.05, 4.69) is 10.3 Å². The summed E-state index contributed by atoms with van der Waals surface area (Å²) in [5, 5.41) is 11.7. The quantitative estimate of drug-likeness (QED) is 0.777. The molecule has 0 spiro atoms. The molecule has 0 aliphatic rings. The summed E-state index contributed by atoms with van der Waals surface area (Å²) < 4.78 is 5.41. The Hall–Kier alpha value is -2.04. The summed E-state index contributed by atoms with van der Waals surface area (Å²) in [5.41, 5.74) is 2.49. The second-order valence-electron chi connectivity index (χ2n) is 3.84. The van der Waals surface area contributed by atoms with Crippen LogP contribution in [-0.2, 0) is 4.79 Å². The highest BCUT2D eigenvalue weighted by Gasteiger charge is 2.03. The minimum atomic E-state index is -0.770. The van der Waals surface area contributed by atoms with E-state index in [1.807, 2.05) is 18.2 Å². The standard InChI is InChI=1S/C12H14N2O3/c1-8-14-10-5-4-9(7-11(10)17-8)13-6-2-3-12(15)16/h4-5,7,13H,2-3,6H2,1H3,(H,15,16). The molecule has 0 fully saturated rings. The van der Waals surface area contributed by atoms with E-state index in [9.17, 15) is 4.79 Å². The first-order valence-corrected chi connectivity index (χ1v) is 5.48.